The summed E-state index contributed by atoms with van der Waals surface area (Å²) in [6.45, 7) is 3.15. The first kappa shape index (κ1) is 32.7. The molecule has 0 radical (unpaired) electrons. The Hall–Kier alpha value is -2.85. The molecule has 1 aromatic heterocycles. The van der Waals surface area contributed by atoms with Gasteiger partial charge in [-0.2, -0.15) is 0 Å². The van der Waals surface area contributed by atoms with E-state index in [1.54, 1.807) is 26.0 Å². The van der Waals surface area contributed by atoms with Crippen LogP contribution >= 0.6 is 27.4 Å². The number of carbonyl (C=O) groups is 2. The first-order valence-electron chi connectivity index (χ1n) is 12.3. The number of nitrogens with zero attached hydrogens (tertiary/aromatic N) is 2. The lowest BCUT2D eigenvalue weighted by Gasteiger charge is -2.35. The number of halogens is 3. The normalized spacial score (nSPS) is 12.6. The minimum Gasteiger partial charge on any atom is -0.447 e. The quantitative estimate of drug-likeness (QED) is 0.186. The van der Waals surface area contributed by atoms with Gasteiger partial charge in [0.15, 0.2) is 0 Å². The van der Waals surface area contributed by atoms with Gasteiger partial charge in [0.05, 0.1) is 17.7 Å². The van der Waals surface area contributed by atoms with Crippen LogP contribution in [0.4, 0.5) is 24.2 Å². The molecular weight excluding hydrogens is 600 g/mol. The highest BCUT2D eigenvalue weighted by Gasteiger charge is 2.31. The predicted octanol–water partition coefficient (Wildman–Crippen LogP) is 6.16. The molecule has 2 aromatic carbocycles. The largest absolute Gasteiger partial charge is 0.447 e. The average molecular weight is 631 g/mol. The second-order valence-electron chi connectivity index (χ2n) is 10.1. The van der Waals surface area contributed by atoms with Gasteiger partial charge < -0.3 is 29.3 Å². The van der Waals surface area contributed by atoms with Gasteiger partial charge in [0.1, 0.15) is 24.1 Å². The first-order valence-corrected chi connectivity index (χ1v) is 15.6. The van der Waals surface area contributed by atoms with E-state index in [-0.39, 0.29) is 37.0 Å². The summed E-state index contributed by atoms with van der Waals surface area (Å²) >= 11 is 5.98. The van der Waals surface area contributed by atoms with Crippen LogP contribution in [0.15, 0.2) is 48.7 Å². The van der Waals surface area contributed by atoms with E-state index in [9.17, 15) is 28.2 Å². The Morgan fingerprint density at radius 2 is 1.93 bits per heavy atom. The van der Waals surface area contributed by atoms with Gasteiger partial charge in [-0.05, 0) is 61.6 Å². The van der Waals surface area contributed by atoms with Crippen molar-refractivity contribution in [3.05, 3.63) is 70.9 Å². The molecule has 0 saturated carbocycles. The van der Waals surface area contributed by atoms with E-state index in [4.69, 9.17) is 20.9 Å². The molecule has 15 heteroatoms. The van der Waals surface area contributed by atoms with Crippen molar-refractivity contribution in [2.45, 2.75) is 32.9 Å². The molecule has 0 spiro atoms. The monoisotopic (exact) mass is 630 g/mol. The van der Waals surface area contributed by atoms with Crippen LogP contribution in [0.5, 0.6) is 0 Å². The van der Waals surface area contributed by atoms with E-state index in [0.29, 0.717) is 16.3 Å². The van der Waals surface area contributed by atoms with Gasteiger partial charge in [0.25, 0.3) is 7.23 Å². The van der Waals surface area contributed by atoms with Gasteiger partial charge in [0.2, 0.25) is 0 Å². The number of nitrogens with one attached hydrogen (secondary N) is 2. The maximum Gasteiger partial charge on any atom is 0.412 e. The third kappa shape index (κ3) is 10.2. The van der Waals surface area contributed by atoms with Crippen LogP contribution in [0.1, 0.15) is 25.8 Å². The first-order chi connectivity index (χ1) is 19.1. The molecule has 41 heavy (non-hydrogen) atoms. The number of carbonyl (C=O) groups excluding carboxylic acids is 2. The lowest BCUT2D eigenvalue weighted by atomic mass is 9.86. The summed E-state index contributed by atoms with van der Waals surface area (Å²) in [5.74, 6) is -0.913. The van der Waals surface area contributed by atoms with E-state index in [0.717, 1.165) is 0 Å². The van der Waals surface area contributed by atoms with Gasteiger partial charge in [-0.1, -0.05) is 37.6 Å². The van der Waals surface area contributed by atoms with Crippen LogP contribution < -0.4 is 10.6 Å². The number of hydrogen-bond donors (Lipinski definition) is 4. The summed E-state index contributed by atoms with van der Waals surface area (Å²) in [4.78, 5) is 50.2. The molecular formula is C26H31ClF2N4O6P2. The number of amides is 3. The lowest BCUT2D eigenvalue weighted by Crippen LogP contribution is -2.48. The summed E-state index contributed by atoms with van der Waals surface area (Å²) in [6, 6.07) is 8.66. The van der Waals surface area contributed by atoms with Crippen molar-refractivity contribution >= 4 is 56.1 Å². The van der Waals surface area contributed by atoms with Crippen molar-refractivity contribution in [2.24, 2.45) is 5.41 Å². The van der Waals surface area contributed by atoms with Crippen LogP contribution in [0.3, 0.4) is 0 Å². The number of aromatic nitrogens is 1. The molecule has 0 aliphatic rings. The maximum absolute atomic E-state index is 13.8. The SMILES string of the molecule is CN(C(=O)NCc1cccc(F)c1Cl)[C@H](COC(=O)Nc1cc2cc(F)ccc2cn1)CC(C)(C)COP(O)(O)=P. The third-order valence-electron chi connectivity index (χ3n) is 6.07. The number of likely N-dealkylation sites (N-methyl/N-ethyl adjacent to an activating group) is 1. The highest BCUT2D eigenvalue weighted by atomic mass is 35.5. The molecule has 0 saturated heterocycles. The minimum atomic E-state index is -3.70. The number of pyridine rings is 1. The molecule has 0 bridgehead atoms. The van der Waals surface area contributed by atoms with E-state index in [2.05, 4.69) is 24.1 Å². The highest BCUT2D eigenvalue weighted by molar-refractivity contribution is 7.88. The fraction of sp³-hybridized carbons (Fsp3) is 0.346. The lowest BCUT2D eigenvalue weighted by molar-refractivity contribution is 0.0755. The Bertz CT molecular complexity index is 1460. The molecule has 3 rings (SSSR count). The zero-order valence-electron chi connectivity index (χ0n) is 22.5. The van der Waals surface area contributed by atoms with Gasteiger partial charge >= 0.3 is 12.1 Å². The van der Waals surface area contributed by atoms with Crippen molar-refractivity contribution in [1.82, 2.24) is 15.2 Å². The summed E-state index contributed by atoms with van der Waals surface area (Å²) in [7, 11) is 0.534. The number of benzene rings is 2. The standard InChI is InChI=1S/C26H31ClF2N4O6P2/c1-26(2,15-39-41(36,37)40)11-20(33(3)24(34)31-13-17-5-4-6-21(29)23(17)27)14-38-25(35)32-22-10-18-9-19(28)8-7-16(18)12-30-22/h4-10,12,20,36-37,40H,11,13-15H2,1-3H3,(H,31,34)(H,30,32,35)/t20-/m0/s1. The van der Waals surface area contributed by atoms with Gasteiger partial charge in [-0.25, -0.2) is 23.4 Å². The van der Waals surface area contributed by atoms with Crippen LogP contribution in [-0.2, 0) is 15.8 Å². The van der Waals surface area contributed by atoms with Crippen molar-refractivity contribution < 1.29 is 37.4 Å². The maximum atomic E-state index is 13.8. The predicted molar refractivity (Wildman–Crippen MR) is 156 cm³/mol. The molecule has 0 fully saturated rings. The molecule has 3 aromatic rings. The summed E-state index contributed by atoms with van der Waals surface area (Å²) in [6.07, 6.45) is 0.835. The molecule has 4 N–H and O–H groups in total. The fourth-order valence-corrected chi connectivity index (χ4v) is 4.82. The van der Waals surface area contributed by atoms with Gasteiger partial charge in [0, 0.05) is 25.2 Å². The van der Waals surface area contributed by atoms with Crippen LogP contribution in [0.25, 0.3) is 10.8 Å². The fourth-order valence-electron chi connectivity index (χ4n) is 3.91. The Labute approximate surface area is 243 Å². The Kier molecular flexibility index (Phi) is 11.1. The minimum absolute atomic E-state index is 0.0556. The van der Waals surface area contributed by atoms with E-state index in [1.807, 2.05) is 0 Å². The molecule has 0 aliphatic carbocycles. The molecule has 3 amide bonds. The third-order valence-corrected chi connectivity index (χ3v) is 7.37. The Balaban J connectivity index is 1.69. The van der Waals surface area contributed by atoms with E-state index < -0.39 is 42.4 Å². The van der Waals surface area contributed by atoms with Crippen LogP contribution in [0, 0.1) is 17.0 Å². The van der Waals surface area contributed by atoms with Crippen molar-refractivity contribution in [3.8, 4) is 0 Å². The second kappa shape index (κ2) is 13.9. The number of rotatable bonds is 11. The summed E-state index contributed by atoms with van der Waals surface area (Å²) in [5.41, 5.74) is -0.335. The van der Waals surface area contributed by atoms with Crippen molar-refractivity contribution in [1.29, 1.82) is 0 Å². The van der Waals surface area contributed by atoms with Crippen molar-refractivity contribution in [2.75, 3.05) is 25.6 Å². The second-order valence-corrected chi connectivity index (χ2v) is 13.6. The molecule has 0 unspecified atom stereocenters. The summed E-state index contributed by atoms with van der Waals surface area (Å²) in [5, 5.41) is 6.26. The molecule has 1 atom stereocenters. The number of urea groups is 1. The highest BCUT2D eigenvalue weighted by Crippen LogP contribution is 2.45. The van der Waals surface area contributed by atoms with E-state index in [1.165, 1.54) is 48.5 Å². The van der Waals surface area contributed by atoms with Gasteiger partial charge in [-0.3, -0.25) is 5.32 Å². The number of anilines is 1. The molecule has 1 heterocycles. The van der Waals surface area contributed by atoms with Crippen LogP contribution in [0.2, 0.25) is 5.02 Å². The zero-order valence-corrected chi connectivity index (χ0v) is 25.2. The molecule has 222 valence electrons. The Morgan fingerprint density at radius 1 is 1.20 bits per heavy atom. The molecule has 10 nitrogen and oxygen atoms in total. The number of hydrogen-bond acceptors (Lipinski definition) is 5. The van der Waals surface area contributed by atoms with Gasteiger partial charge in [-0.15, -0.1) is 0 Å². The van der Waals surface area contributed by atoms with E-state index >= 15 is 0 Å². The number of fused-ring (bicyclic) bond motifs is 1. The average Bonchev–Trinajstić information content (AvgIpc) is 2.89. The zero-order chi connectivity index (χ0) is 30.4. The number of ether oxygens (including phenoxy) is 1. The smallest absolute Gasteiger partial charge is 0.412 e. The molecule has 0 aliphatic heterocycles. The topological polar surface area (TPSA) is 133 Å². The van der Waals surface area contributed by atoms with Crippen molar-refractivity contribution in [3.63, 3.8) is 0 Å². The Morgan fingerprint density at radius 3 is 2.63 bits per heavy atom. The summed E-state index contributed by atoms with van der Waals surface area (Å²) < 4.78 is 37.9. The van der Waals surface area contributed by atoms with Crippen LogP contribution in [-0.4, -0.2) is 58.1 Å².